The second kappa shape index (κ2) is 4.70. The van der Waals surface area contributed by atoms with E-state index in [1.807, 2.05) is 12.1 Å². The van der Waals surface area contributed by atoms with Gasteiger partial charge in [0.2, 0.25) is 5.91 Å². The number of nitrogens with zero attached hydrogens (tertiary/aromatic N) is 4. The number of rotatable bonds is 1. The molecular weight excluding hydrogens is 336 g/mol. The standard InChI is InChI=1S/C13H7BrN6O/c14-7-1-6-8(19-13(21)12(6)17)2-10(7)20-5-18-9(3-15)11(20)4-16/h1-2,5,12H,17H2,(H,19,21). The van der Waals surface area contributed by atoms with Crippen molar-refractivity contribution < 1.29 is 4.79 Å². The van der Waals surface area contributed by atoms with Gasteiger partial charge in [-0.15, -0.1) is 0 Å². The monoisotopic (exact) mass is 342 g/mol. The molecule has 1 atom stereocenters. The zero-order chi connectivity index (χ0) is 15.1. The highest BCUT2D eigenvalue weighted by atomic mass is 79.9. The van der Waals surface area contributed by atoms with Crippen molar-refractivity contribution in [2.75, 3.05) is 5.32 Å². The number of carbonyl (C=O) groups is 1. The van der Waals surface area contributed by atoms with Gasteiger partial charge in [-0.25, -0.2) is 4.98 Å². The third kappa shape index (κ3) is 1.89. The van der Waals surface area contributed by atoms with Crippen molar-refractivity contribution in [2.45, 2.75) is 6.04 Å². The molecule has 3 N–H and O–H groups in total. The average Bonchev–Trinajstić information content (AvgIpc) is 3.00. The topological polar surface area (TPSA) is 121 Å². The predicted molar refractivity (Wildman–Crippen MR) is 76.3 cm³/mol. The smallest absolute Gasteiger partial charge is 0.245 e. The van der Waals surface area contributed by atoms with Gasteiger partial charge in [-0.2, -0.15) is 10.5 Å². The van der Waals surface area contributed by atoms with Crippen molar-refractivity contribution in [1.82, 2.24) is 9.55 Å². The number of nitrogens with two attached hydrogens (primary N) is 1. The molecule has 0 saturated heterocycles. The summed E-state index contributed by atoms with van der Waals surface area (Å²) in [7, 11) is 0. The molecule has 2 aromatic rings. The van der Waals surface area contributed by atoms with E-state index in [0.29, 0.717) is 21.4 Å². The Kier molecular flexibility index (Phi) is 2.98. The first-order valence-electron chi connectivity index (χ1n) is 5.84. The van der Waals surface area contributed by atoms with Crippen LogP contribution in [0.4, 0.5) is 5.69 Å². The number of anilines is 1. The minimum atomic E-state index is -0.710. The quantitative estimate of drug-likeness (QED) is 0.809. The minimum Gasteiger partial charge on any atom is -0.324 e. The zero-order valence-corrected chi connectivity index (χ0v) is 12.0. The fraction of sp³-hybridized carbons (Fsp3) is 0.0769. The van der Waals surface area contributed by atoms with E-state index >= 15 is 0 Å². The van der Waals surface area contributed by atoms with Gasteiger partial charge in [-0.3, -0.25) is 9.36 Å². The molecule has 1 amide bonds. The van der Waals surface area contributed by atoms with Crippen LogP contribution in [0.1, 0.15) is 23.0 Å². The summed E-state index contributed by atoms with van der Waals surface area (Å²) in [5.74, 6) is -0.280. The molecule has 0 spiro atoms. The summed E-state index contributed by atoms with van der Waals surface area (Å²) in [6, 6.07) is 6.52. The molecule has 8 heteroatoms. The number of imidazole rings is 1. The Labute approximate surface area is 127 Å². The highest BCUT2D eigenvalue weighted by Crippen LogP contribution is 2.36. The van der Waals surface area contributed by atoms with Crippen molar-refractivity contribution in [3.05, 3.63) is 39.9 Å². The van der Waals surface area contributed by atoms with Gasteiger partial charge in [0.15, 0.2) is 11.4 Å². The Morgan fingerprint density at radius 2 is 2.14 bits per heavy atom. The van der Waals surface area contributed by atoms with E-state index in [0.717, 1.165) is 0 Å². The van der Waals surface area contributed by atoms with Gasteiger partial charge in [-0.05, 0) is 28.1 Å². The lowest BCUT2D eigenvalue weighted by atomic mass is 10.1. The second-order valence-corrected chi connectivity index (χ2v) is 5.25. The molecule has 0 saturated carbocycles. The number of nitriles is 2. The van der Waals surface area contributed by atoms with Gasteiger partial charge in [-0.1, -0.05) is 0 Å². The molecule has 3 rings (SSSR count). The molecule has 0 aliphatic carbocycles. The van der Waals surface area contributed by atoms with Crippen LogP contribution in [-0.4, -0.2) is 15.5 Å². The summed E-state index contributed by atoms with van der Waals surface area (Å²) in [5.41, 5.74) is 7.81. The van der Waals surface area contributed by atoms with Crippen molar-refractivity contribution >= 4 is 27.5 Å². The minimum absolute atomic E-state index is 0.0469. The first-order valence-corrected chi connectivity index (χ1v) is 6.64. The summed E-state index contributed by atoms with van der Waals surface area (Å²) in [5, 5.41) is 20.8. The number of benzene rings is 1. The van der Waals surface area contributed by atoms with Crippen LogP contribution < -0.4 is 11.1 Å². The second-order valence-electron chi connectivity index (χ2n) is 4.39. The van der Waals surface area contributed by atoms with E-state index in [2.05, 4.69) is 26.2 Å². The highest BCUT2D eigenvalue weighted by molar-refractivity contribution is 9.10. The number of aromatic nitrogens is 2. The lowest BCUT2D eigenvalue weighted by molar-refractivity contribution is -0.116. The summed E-state index contributed by atoms with van der Waals surface area (Å²) in [6.45, 7) is 0. The van der Waals surface area contributed by atoms with Crippen molar-refractivity contribution in [2.24, 2.45) is 5.73 Å². The van der Waals surface area contributed by atoms with Crippen LogP contribution >= 0.6 is 15.9 Å². The van der Waals surface area contributed by atoms with Crippen LogP contribution in [0.2, 0.25) is 0 Å². The Morgan fingerprint density at radius 3 is 2.81 bits per heavy atom. The van der Waals surface area contributed by atoms with Crippen LogP contribution in [0.25, 0.3) is 5.69 Å². The number of hydrogen-bond donors (Lipinski definition) is 2. The summed E-state index contributed by atoms with van der Waals surface area (Å²) >= 11 is 3.39. The van der Waals surface area contributed by atoms with Gasteiger partial charge < -0.3 is 11.1 Å². The molecule has 102 valence electrons. The van der Waals surface area contributed by atoms with Gasteiger partial charge >= 0.3 is 0 Å². The number of halogens is 1. The number of carbonyl (C=O) groups excluding carboxylic acids is 1. The van der Waals surface area contributed by atoms with Crippen molar-refractivity contribution in [3.8, 4) is 17.8 Å². The maximum Gasteiger partial charge on any atom is 0.245 e. The lowest BCUT2D eigenvalue weighted by Gasteiger charge is -2.10. The molecule has 1 aliphatic heterocycles. The molecular formula is C13H7BrN6O. The number of fused-ring (bicyclic) bond motifs is 1. The van der Waals surface area contributed by atoms with Gasteiger partial charge in [0.05, 0.1) is 5.69 Å². The maximum absolute atomic E-state index is 11.6. The molecule has 1 aliphatic rings. The third-order valence-electron chi connectivity index (χ3n) is 3.23. The lowest BCUT2D eigenvalue weighted by Crippen LogP contribution is -2.19. The SMILES string of the molecule is N#Cc1ncn(-c2cc3c(cc2Br)C(N)C(=O)N3)c1C#N. The largest absolute Gasteiger partial charge is 0.324 e. The van der Waals surface area contributed by atoms with E-state index in [1.54, 1.807) is 12.1 Å². The van der Waals surface area contributed by atoms with Crippen molar-refractivity contribution in [1.29, 1.82) is 10.5 Å². The van der Waals surface area contributed by atoms with Crippen molar-refractivity contribution in [3.63, 3.8) is 0 Å². The fourth-order valence-corrected chi connectivity index (χ4v) is 2.75. The number of hydrogen-bond acceptors (Lipinski definition) is 5. The Bertz CT molecular complexity index is 857. The third-order valence-corrected chi connectivity index (χ3v) is 3.87. The molecule has 2 heterocycles. The van der Waals surface area contributed by atoms with Crippen LogP contribution in [0.3, 0.4) is 0 Å². The van der Waals surface area contributed by atoms with E-state index in [1.165, 1.54) is 10.9 Å². The first kappa shape index (κ1) is 13.3. The molecule has 7 nitrogen and oxygen atoms in total. The van der Waals surface area contributed by atoms with E-state index in [-0.39, 0.29) is 17.3 Å². The first-order chi connectivity index (χ1) is 10.1. The summed E-state index contributed by atoms with van der Waals surface area (Å²) in [6.07, 6.45) is 1.39. The Hall–Kier alpha value is -2.68. The van der Waals surface area contributed by atoms with Crippen LogP contribution in [-0.2, 0) is 4.79 Å². The predicted octanol–water partition coefficient (Wildman–Crippen LogP) is 1.33. The molecule has 1 aromatic carbocycles. The molecule has 0 bridgehead atoms. The van der Waals surface area contributed by atoms with E-state index in [9.17, 15) is 10.1 Å². The van der Waals surface area contributed by atoms with E-state index < -0.39 is 6.04 Å². The van der Waals surface area contributed by atoms with Gasteiger partial charge in [0, 0.05) is 15.7 Å². The highest BCUT2D eigenvalue weighted by Gasteiger charge is 2.28. The van der Waals surface area contributed by atoms with Crippen LogP contribution in [0.5, 0.6) is 0 Å². The zero-order valence-electron chi connectivity index (χ0n) is 10.5. The van der Waals surface area contributed by atoms with Gasteiger partial charge in [0.25, 0.3) is 0 Å². The molecule has 21 heavy (non-hydrogen) atoms. The van der Waals surface area contributed by atoms with Crippen LogP contribution in [0, 0.1) is 22.7 Å². The summed E-state index contributed by atoms with van der Waals surface area (Å²) < 4.78 is 2.13. The normalized spacial score (nSPS) is 16.0. The number of amides is 1. The fourth-order valence-electron chi connectivity index (χ4n) is 2.20. The molecule has 0 radical (unpaired) electrons. The summed E-state index contributed by atoms with van der Waals surface area (Å²) in [4.78, 5) is 15.5. The molecule has 0 fully saturated rings. The number of nitrogens with one attached hydrogen (secondary N) is 1. The van der Waals surface area contributed by atoms with Gasteiger partial charge in [0.1, 0.15) is 24.5 Å². The average molecular weight is 343 g/mol. The maximum atomic E-state index is 11.6. The Morgan fingerprint density at radius 1 is 1.38 bits per heavy atom. The molecule has 1 aromatic heterocycles. The van der Waals surface area contributed by atoms with Crippen LogP contribution in [0.15, 0.2) is 22.9 Å². The molecule has 1 unspecified atom stereocenters. The Balaban J connectivity index is 2.21. The van der Waals surface area contributed by atoms with E-state index in [4.69, 9.17) is 11.0 Å².